The van der Waals surface area contributed by atoms with Gasteiger partial charge in [0.15, 0.2) is 0 Å². The SMILES string of the molecule is CCNC1(C(=O)O)CCC(N2CCCC(C)(C)C2)C1. The van der Waals surface area contributed by atoms with Crippen LogP contribution in [0.25, 0.3) is 0 Å². The number of likely N-dealkylation sites (N-methyl/N-ethyl adjacent to an activating group) is 1. The van der Waals surface area contributed by atoms with E-state index in [1.54, 1.807) is 0 Å². The summed E-state index contributed by atoms with van der Waals surface area (Å²) in [5.74, 6) is -0.673. The number of likely N-dealkylation sites (tertiary alicyclic amines) is 1. The maximum absolute atomic E-state index is 11.6. The van der Waals surface area contributed by atoms with Gasteiger partial charge in [0.1, 0.15) is 5.54 Å². The third-order valence-corrected chi connectivity index (χ3v) is 4.86. The molecule has 2 N–H and O–H groups in total. The highest BCUT2D eigenvalue weighted by molar-refractivity contribution is 5.79. The first-order chi connectivity index (χ1) is 8.88. The van der Waals surface area contributed by atoms with Gasteiger partial charge in [-0.2, -0.15) is 0 Å². The van der Waals surface area contributed by atoms with E-state index >= 15 is 0 Å². The summed E-state index contributed by atoms with van der Waals surface area (Å²) >= 11 is 0. The van der Waals surface area contributed by atoms with Crippen LogP contribution in [0.5, 0.6) is 0 Å². The Hall–Kier alpha value is -0.610. The fourth-order valence-corrected chi connectivity index (χ4v) is 3.88. The Balaban J connectivity index is 2.02. The van der Waals surface area contributed by atoms with Gasteiger partial charge in [-0.15, -0.1) is 0 Å². The van der Waals surface area contributed by atoms with Crippen LogP contribution in [0.15, 0.2) is 0 Å². The predicted molar refractivity (Wildman–Crippen MR) is 76.3 cm³/mol. The van der Waals surface area contributed by atoms with Crippen LogP contribution in [-0.2, 0) is 4.79 Å². The van der Waals surface area contributed by atoms with Crippen molar-refractivity contribution in [3.05, 3.63) is 0 Å². The molecule has 1 saturated carbocycles. The fourth-order valence-electron chi connectivity index (χ4n) is 3.88. The standard InChI is InChI=1S/C15H28N2O2/c1-4-16-15(13(18)19)8-6-12(10-15)17-9-5-7-14(2,3)11-17/h12,16H,4-11H2,1-3H3,(H,18,19). The Morgan fingerprint density at radius 2 is 2.16 bits per heavy atom. The Labute approximate surface area is 116 Å². The van der Waals surface area contributed by atoms with Crippen molar-refractivity contribution in [3.8, 4) is 0 Å². The summed E-state index contributed by atoms with van der Waals surface area (Å²) in [6.07, 6.45) is 5.05. The second-order valence-electron chi connectivity index (χ2n) is 7.05. The second kappa shape index (κ2) is 5.41. The normalized spacial score (nSPS) is 35.4. The summed E-state index contributed by atoms with van der Waals surface area (Å²) in [6, 6.07) is 0.440. The number of hydrogen-bond donors (Lipinski definition) is 2. The molecular formula is C15H28N2O2. The topological polar surface area (TPSA) is 52.6 Å². The largest absolute Gasteiger partial charge is 0.480 e. The summed E-state index contributed by atoms with van der Waals surface area (Å²) in [7, 11) is 0. The minimum Gasteiger partial charge on any atom is -0.480 e. The molecule has 110 valence electrons. The molecule has 2 atom stereocenters. The maximum Gasteiger partial charge on any atom is 0.323 e. The lowest BCUT2D eigenvalue weighted by atomic mass is 9.83. The summed E-state index contributed by atoms with van der Waals surface area (Å²) in [6.45, 7) is 9.60. The number of carbonyl (C=O) groups is 1. The van der Waals surface area contributed by atoms with Crippen molar-refractivity contribution in [1.82, 2.24) is 10.2 Å². The lowest BCUT2D eigenvalue weighted by molar-refractivity contribution is -0.144. The zero-order chi connectivity index (χ0) is 14.1. The van der Waals surface area contributed by atoms with Gasteiger partial charge in [-0.3, -0.25) is 9.69 Å². The van der Waals surface area contributed by atoms with Crippen molar-refractivity contribution in [3.63, 3.8) is 0 Å². The molecule has 0 aromatic heterocycles. The van der Waals surface area contributed by atoms with Gasteiger partial charge >= 0.3 is 5.97 Å². The summed E-state index contributed by atoms with van der Waals surface area (Å²) in [5.41, 5.74) is -0.300. The van der Waals surface area contributed by atoms with E-state index in [4.69, 9.17) is 0 Å². The zero-order valence-electron chi connectivity index (χ0n) is 12.5. The van der Waals surface area contributed by atoms with Crippen molar-refractivity contribution < 1.29 is 9.90 Å². The molecular weight excluding hydrogens is 240 g/mol. The number of hydrogen-bond acceptors (Lipinski definition) is 3. The van der Waals surface area contributed by atoms with E-state index in [1.165, 1.54) is 12.8 Å². The molecule has 1 aliphatic carbocycles. The molecule has 2 aliphatic rings. The monoisotopic (exact) mass is 268 g/mol. The summed E-state index contributed by atoms with van der Waals surface area (Å²) in [5, 5.41) is 12.8. The molecule has 0 aromatic rings. The zero-order valence-corrected chi connectivity index (χ0v) is 12.5. The molecule has 4 nitrogen and oxygen atoms in total. The van der Waals surface area contributed by atoms with Crippen molar-refractivity contribution >= 4 is 5.97 Å². The number of carboxylic acid groups (broad SMARTS) is 1. The maximum atomic E-state index is 11.6. The lowest BCUT2D eigenvalue weighted by Gasteiger charge is -2.41. The van der Waals surface area contributed by atoms with Crippen LogP contribution in [0.3, 0.4) is 0 Å². The summed E-state index contributed by atoms with van der Waals surface area (Å²) in [4.78, 5) is 14.1. The molecule has 2 rings (SSSR count). The van der Waals surface area contributed by atoms with Crippen molar-refractivity contribution in [2.45, 2.75) is 64.5 Å². The number of aliphatic carboxylic acids is 1. The summed E-state index contributed by atoms with van der Waals surface area (Å²) < 4.78 is 0. The van der Waals surface area contributed by atoms with E-state index < -0.39 is 11.5 Å². The Morgan fingerprint density at radius 1 is 1.42 bits per heavy atom. The average Bonchev–Trinajstić information content (AvgIpc) is 2.74. The molecule has 4 heteroatoms. The molecule has 2 unspecified atom stereocenters. The van der Waals surface area contributed by atoms with Crippen molar-refractivity contribution in [2.75, 3.05) is 19.6 Å². The van der Waals surface area contributed by atoms with Crippen LogP contribution in [0.1, 0.15) is 52.9 Å². The first-order valence-corrected chi connectivity index (χ1v) is 7.61. The van der Waals surface area contributed by atoms with Crippen molar-refractivity contribution in [1.29, 1.82) is 0 Å². The number of piperidine rings is 1. The Kier molecular flexibility index (Phi) is 4.21. The first-order valence-electron chi connectivity index (χ1n) is 7.61. The van der Waals surface area contributed by atoms with Crippen LogP contribution in [0.2, 0.25) is 0 Å². The van der Waals surface area contributed by atoms with Crippen LogP contribution < -0.4 is 5.32 Å². The smallest absolute Gasteiger partial charge is 0.323 e. The highest BCUT2D eigenvalue weighted by Gasteiger charge is 2.47. The molecule has 1 heterocycles. The number of carboxylic acids is 1. The molecule has 0 radical (unpaired) electrons. The molecule has 0 bridgehead atoms. The average molecular weight is 268 g/mol. The van der Waals surface area contributed by atoms with E-state index in [0.29, 0.717) is 11.5 Å². The third-order valence-electron chi connectivity index (χ3n) is 4.86. The number of nitrogens with zero attached hydrogens (tertiary/aromatic N) is 1. The van der Waals surface area contributed by atoms with Crippen LogP contribution in [0, 0.1) is 5.41 Å². The predicted octanol–water partition coefficient (Wildman–Crippen LogP) is 2.09. The Bertz CT molecular complexity index is 343. The lowest BCUT2D eigenvalue weighted by Crippen LogP contribution is -2.52. The third kappa shape index (κ3) is 3.11. The minimum absolute atomic E-state index is 0.380. The van der Waals surface area contributed by atoms with Gasteiger partial charge in [0, 0.05) is 12.6 Å². The number of nitrogens with one attached hydrogen (secondary N) is 1. The van der Waals surface area contributed by atoms with E-state index in [1.807, 2.05) is 6.92 Å². The highest BCUT2D eigenvalue weighted by Crippen LogP contribution is 2.37. The second-order valence-corrected chi connectivity index (χ2v) is 7.05. The fraction of sp³-hybridized carbons (Fsp3) is 0.933. The van der Waals surface area contributed by atoms with Gasteiger partial charge in [0.25, 0.3) is 0 Å². The quantitative estimate of drug-likeness (QED) is 0.820. The van der Waals surface area contributed by atoms with Gasteiger partial charge in [0.2, 0.25) is 0 Å². The highest BCUT2D eigenvalue weighted by atomic mass is 16.4. The molecule has 1 saturated heterocycles. The van der Waals surface area contributed by atoms with E-state index in [-0.39, 0.29) is 0 Å². The first kappa shape index (κ1) is 14.8. The van der Waals surface area contributed by atoms with Gasteiger partial charge in [-0.05, 0) is 50.6 Å². The molecule has 0 amide bonds. The van der Waals surface area contributed by atoms with Gasteiger partial charge < -0.3 is 10.4 Å². The molecule has 0 spiro atoms. The van der Waals surface area contributed by atoms with Gasteiger partial charge in [0.05, 0.1) is 0 Å². The Morgan fingerprint density at radius 3 is 2.74 bits per heavy atom. The van der Waals surface area contributed by atoms with Crippen molar-refractivity contribution in [2.24, 2.45) is 5.41 Å². The van der Waals surface area contributed by atoms with E-state index in [2.05, 4.69) is 24.1 Å². The molecule has 1 aliphatic heterocycles. The van der Waals surface area contributed by atoms with Crippen LogP contribution in [0.4, 0.5) is 0 Å². The minimum atomic E-state index is -0.680. The molecule has 19 heavy (non-hydrogen) atoms. The molecule has 2 fully saturated rings. The van der Waals surface area contributed by atoms with E-state index in [9.17, 15) is 9.90 Å². The molecule has 0 aromatic carbocycles. The van der Waals surface area contributed by atoms with Gasteiger partial charge in [-0.1, -0.05) is 20.8 Å². The van der Waals surface area contributed by atoms with Crippen LogP contribution in [-0.4, -0.2) is 47.2 Å². The van der Waals surface area contributed by atoms with Crippen LogP contribution >= 0.6 is 0 Å². The number of rotatable bonds is 4. The van der Waals surface area contributed by atoms with Gasteiger partial charge in [-0.25, -0.2) is 0 Å². The van der Waals surface area contributed by atoms with E-state index in [0.717, 1.165) is 38.9 Å².